The molecule has 0 atom stereocenters. The Morgan fingerprint density at radius 2 is 1.90 bits per heavy atom. The number of alkyl halides is 4. The standard InChI is InChI=1S/C11H12BrClF3NO2S/c12-9-4-3-8(11(14,15)16)7-10(9)17-20(18,19)6-2-1-5-13/h3-4,7,17H,1-2,5-6H2. The normalized spacial score (nSPS) is 12.4. The van der Waals surface area contributed by atoms with Crippen LogP contribution < -0.4 is 4.72 Å². The zero-order valence-electron chi connectivity index (χ0n) is 10.2. The third-order valence-corrected chi connectivity index (χ3v) is 4.67. The van der Waals surface area contributed by atoms with Gasteiger partial charge in [0.25, 0.3) is 0 Å². The predicted molar refractivity (Wildman–Crippen MR) is 76.5 cm³/mol. The Kier molecular flexibility index (Phi) is 6.15. The molecule has 0 heterocycles. The number of unbranched alkanes of at least 4 members (excludes halogenated alkanes) is 1. The summed E-state index contributed by atoms with van der Waals surface area (Å²) in [4.78, 5) is 0. The Morgan fingerprint density at radius 3 is 2.45 bits per heavy atom. The van der Waals surface area contributed by atoms with Crippen LogP contribution in [-0.2, 0) is 16.2 Å². The van der Waals surface area contributed by atoms with E-state index in [1.54, 1.807) is 0 Å². The van der Waals surface area contributed by atoms with Crippen LogP contribution >= 0.6 is 27.5 Å². The molecule has 0 unspecified atom stereocenters. The molecule has 114 valence electrons. The van der Waals surface area contributed by atoms with Gasteiger partial charge in [-0.1, -0.05) is 0 Å². The fourth-order valence-corrected chi connectivity index (χ4v) is 3.24. The average Bonchev–Trinajstić information content (AvgIpc) is 2.30. The van der Waals surface area contributed by atoms with Crippen molar-refractivity contribution in [1.82, 2.24) is 0 Å². The van der Waals surface area contributed by atoms with Gasteiger partial charge in [-0.05, 0) is 47.0 Å². The lowest BCUT2D eigenvalue weighted by Crippen LogP contribution is -2.17. The lowest BCUT2D eigenvalue weighted by Gasteiger charge is -2.12. The van der Waals surface area contributed by atoms with Gasteiger partial charge in [0, 0.05) is 10.4 Å². The molecule has 3 nitrogen and oxygen atoms in total. The van der Waals surface area contributed by atoms with Crippen molar-refractivity contribution >= 4 is 43.2 Å². The van der Waals surface area contributed by atoms with Crippen LogP contribution in [0.4, 0.5) is 18.9 Å². The van der Waals surface area contributed by atoms with Gasteiger partial charge in [0.15, 0.2) is 0 Å². The highest BCUT2D eigenvalue weighted by Gasteiger charge is 2.31. The predicted octanol–water partition coefficient (Wildman–Crippen LogP) is 4.23. The third kappa shape index (κ3) is 5.49. The van der Waals surface area contributed by atoms with Crippen LogP contribution in [0, 0.1) is 0 Å². The first-order chi connectivity index (χ1) is 9.15. The summed E-state index contributed by atoms with van der Waals surface area (Å²) >= 11 is 8.46. The molecule has 0 amide bonds. The SMILES string of the molecule is O=S(=O)(CCCCCl)Nc1cc(C(F)(F)F)ccc1Br. The summed E-state index contributed by atoms with van der Waals surface area (Å²) in [6.07, 6.45) is -3.67. The van der Waals surface area contributed by atoms with E-state index in [1.807, 2.05) is 0 Å². The molecule has 1 aromatic rings. The third-order valence-electron chi connectivity index (χ3n) is 2.36. The van der Waals surface area contributed by atoms with Gasteiger partial charge in [-0.15, -0.1) is 11.6 Å². The molecule has 0 spiro atoms. The molecule has 0 bridgehead atoms. The van der Waals surface area contributed by atoms with E-state index in [-0.39, 0.29) is 15.9 Å². The minimum absolute atomic E-state index is 0.134. The molecular formula is C11H12BrClF3NO2S. The molecule has 9 heteroatoms. The minimum atomic E-state index is -4.53. The van der Waals surface area contributed by atoms with E-state index >= 15 is 0 Å². The largest absolute Gasteiger partial charge is 0.416 e. The molecule has 0 aromatic heterocycles. The molecule has 1 N–H and O–H groups in total. The van der Waals surface area contributed by atoms with Crippen molar-refractivity contribution in [3.63, 3.8) is 0 Å². The summed E-state index contributed by atoms with van der Waals surface area (Å²) in [7, 11) is -3.70. The molecule has 0 aliphatic carbocycles. The van der Waals surface area contributed by atoms with Crippen molar-refractivity contribution < 1.29 is 21.6 Å². The zero-order valence-corrected chi connectivity index (χ0v) is 13.3. The van der Waals surface area contributed by atoms with E-state index in [2.05, 4.69) is 20.7 Å². The van der Waals surface area contributed by atoms with Gasteiger partial charge in [-0.25, -0.2) is 8.42 Å². The minimum Gasteiger partial charge on any atom is -0.282 e. The highest BCUT2D eigenvalue weighted by atomic mass is 79.9. The monoisotopic (exact) mass is 393 g/mol. The van der Waals surface area contributed by atoms with Gasteiger partial charge in [0.1, 0.15) is 0 Å². The number of benzene rings is 1. The summed E-state index contributed by atoms with van der Waals surface area (Å²) in [5, 5.41) is 0. The van der Waals surface area contributed by atoms with Crippen LogP contribution in [0.15, 0.2) is 22.7 Å². The number of halogens is 5. The van der Waals surface area contributed by atoms with Crippen molar-refractivity contribution in [3.05, 3.63) is 28.2 Å². The first-order valence-electron chi connectivity index (χ1n) is 5.59. The second kappa shape index (κ2) is 7.00. The molecule has 0 aliphatic rings. The van der Waals surface area contributed by atoms with E-state index in [1.165, 1.54) is 0 Å². The second-order valence-electron chi connectivity index (χ2n) is 4.01. The Morgan fingerprint density at radius 1 is 1.25 bits per heavy atom. The summed E-state index contributed by atoms with van der Waals surface area (Å²) in [6, 6.07) is 2.78. The van der Waals surface area contributed by atoms with E-state index in [0.29, 0.717) is 18.7 Å². The number of rotatable bonds is 6. The summed E-state index contributed by atoms with van der Waals surface area (Å²) in [6.45, 7) is 0. The first kappa shape index (κ1) is 17.6. The highest BCUT2D eigenvalue weighted by Crippen LogP contribution is 2.34. The number of anilines is 1. The number of hydrogen-bond acceptors (Lipinski definition) is 2. The molecule has 0 saturated heterocycles. The maximum absolute atomic E-state index is 12.6. The Hall–Kier alpha value is -0.470. The summed E-state index contributed by atoms with van der Waals surface area (Å²) in [5.74, 6) is 0.144. The van der Waals surface area contributed by atoms with E-state index in [9.17, 15) is 21.6 Å². The van der Waals surface area contributed by atoms with Crippen LogP contribution in [-0.4, -0.2) is 20.1 Å². The zero-order chi connectivity index (χ0) is 15.4. The lowest BCUT2D eigenvalue weighted by molar-refractivity contribution is -0.137. The van der Waals surface area contributed by atoms with Crippen LogP contribution in [0.25, 0.3) is 0 Å². The fourth-order valence-electron chi connectivity index (χ4n) is 1.38. The summed E-state index contributed by atoms with van der Waals surface area (Å²) in [5.41, 5.74) is -1.05. The molecule has 0 radical (unpaired) electrons. The van der Waals surface area contributed by atoms with Gasteiger partial charge in [-0.2, -0.15) is 13.2 Å². The van der Waals surface area contributed by atoms with Crippen LogP contribution in [0.1, 0.15) is 18.4 Å². The van der Waals surface area contributed by atoms with Crippen molar-refractivity contribution in [2.45, 2.75) is 19.0 Å². The lowest BCUT2D eigenvalue weighted by atomic mass is 10.2. The molecule has 1 aromatic carbocycles. The van der Waals surface area contributed by atoms with Crippen LogP contribution in [0.2, 0.25) is 0 Å². The molecule has 1 rings (SSSR count). The van der Waals surface area contributed by atoms with Crippen molar-refractivity contribution in [1.29, 1.82) is 0 Å². The average molecular weight is 395 g/mol. The maximum atomic E-state index is 12.6. The summed E-state index contributed by atoms with van der Waals surface area (Å²) < 4.78 is 63.6. The van der Waals surface area contributed by atoms with Crippen molar-refractivity contribution in [3.8, 4) is 0 Å². The Labute approximate surface area is 128 Å². The van der Waals surface area contributed by atoms with Crippen molar-refractivity contribution in [2.24, 2.45) is 0 Å². The van der Waals surface area contributed by atoms with Crippen molar-refractivity contribution in [2.75, 3.05) is 16.4 Å². The second-order valence-corrected chi connectivity index (χ2v) is 7.08. The van der Waals surface area contributed by atoms with E-state index < -0.39 is 21.8 Å². The van der Waals surface area contributed by atoms with Gasteiger partial charge < -0.3 is 0 Å². The highest BCUT2D eigenvalue weighted by molar-refractivity contribution is 9.10. The molecule has 0 fully saturated rings. The Balaban J connectivity index is 2.91. The Bertz CT molecular complexity index is 563. The van der Waals surface area contributed by atoms with E-state index in [4.69, 9.17) is 11.6 Å². The van der Waals surface area contributed by atoms with Gasteiger partial charge >= 0.3 is 6.18 Å². The number of hydrogen-bond donors (Lipinski definition) is 1. The van der Waals surface area contributed by atoms with Gasteiger partial charge in [-0.3, -0.25) is 4.72 Å². The molecule has 0 saturated carbocycles. The first-order valence-corrected chi connectivity index (χ1v) is 8.57. The van der Waals surface area contributed by atoms with E-state index in [0.717, 1.165) is 18.2 Å². The molecular weight excluding hydrogens is 383 g/mol. The van der Waals surface area contributed by atoms with Crippen LogP contribution in [0.3, 0.4) is 0 Å². The molecule has 20 heavy (non-hydrogen) atoms. The number of nitrogens with one attached hydrogen (secondary N) is 1. The smallest absolute Gasteiger partial charge is 0.282 e. The van der Waals surface area contributed by atoms with Gasteiger partial charge in [0.05, 0.1) is 17.0 Å². The maximum Gasteiger partial charge on any atom is 0.416 e. The van der Waals surface area contributed by atoms with Crippen LogP contribution in [0.5, 0.6) is 0 Å². The number of sulfonamides is 1. The topological polar surface area (TPSA) is 46.2 Å². The van der Waals surface area contributed by atoms with Gasteiger partial charge in [0.2, 0.25) is 10.0 Å². The quantitative estimate of drug-likeness (QED) is 0.580. The molecule has 0 aliphatic heterocycles. The fraction of sp³-hybridized carbons (Fsp3) is 0.455.